The summed E-state index contributed by atoms with van der Waals surface area (Å²) in [4.78, 5) is 15.7. The van der Waals surface area contributed by atoms with E-state index in [4.69, 9.17) is 0 Å². The van der Waals surface area contributed by atoms with E-state index in [9.17, 15) is 4.79 Å². The molecule has 0 aliphatic carbocycles. The van der Waals surface area contributed by atoms with Gasteiger partial charge in [-0.2, -0.15) is 0 Å². The first kappa shape index (κ1) is 11.7. The summed E-state index contributed by atoms with van der Waals surface area (Å²) < 4.78 is 0. The number of Topliss-reactive ketones (excluding diaryl/α,β-unsaturated/α-hetero) is 1. The van der Waals surface area contributed by atoms with Gasteiger partial charge in [0, 0.05) is 24.2 Å². The summed E-state index contributed by atoms with van der Waals surface area (Å²) in [7, 11) is 0. The number of carbonyl (C=O) groups excluding carboxylic acids is 1. The smallest absolute Gasteiger partial charge is 0.164 e. The minimum atomic E-state index is 0.140. The first-order valence-corrected chi connectivity index (χ1v) is 5.31. The molecule has 0 saturated heterocycles. The van der Waals surface area contributed by atoms with E-state index in [1.807, 2.05) is 19.9 Å². The van der Waals surface area contributed by atoms with Gasteiger partial charge in [0.05, 0.1) is 0 Å². The third-order valence-electron chi connectivity index (χ3n) is 2.15. The van der Waals surface area contributed by atoms with Gasteiger partial charge in [0.25, 0.3) is 0 Å². The van der Waals surface area contributed by atoms with E-state index in [1.165, 1.54) is 0 Å². The summed E-state index contributed by atoms with van der Waals surface area (Å²) in [6.45, 7) is 7.94. The molecule has 0 unspecified atom stereocenters. The van der Waals surface area contributed by atoms with E-state index in [-0.39, 0.29) is 5.78 Å². The number of hydrogen-bond donors (Lipinski definition) is 1. The zero-order valence-corrected chi connectivity index (χ0v) is 9.79. The molecule has 0 aromatic carbocycles. The third kappa shape index (κ3) is 3.05. The Morgan fingerprint density at radius 3 is 2.67 bits per heavy atom. The zero-order valence-electron chi connectivity index (χ0n) is 9.79. The molecular weight excluding hydrogens is 188 g/mol. The van der Waals surface area contributed by atoms with Gasteiger partial charge in [0.2, 0.25) is 0 Å². The van der Waals surface area contributed by atoms with Gasteiger partial charge >= 0.3 is 0 Å². The van der Waals surface area contributed by atoms with Crippen LogP contribution in [0.3, 0.4) is 0 Å². The summed E-state index contributed by atoms with van der Waals surface area (Å²) >= 11 is 0. The molecule has 0 fully saturated rings. The lowest BCUT2D eigenvalue weighted by Gasteiger charge is -2.12. The second-order valence-electron chi connectivity index (χ2n) is 3.97. The van der Waals surface area contributed by atoms with Crippen molar-refractivity contribution in [3.63, 3.8) is 0 Å². The number of anilines is 1. The highest BCUT2D eigenvalue weighted by Gasteiger charge is 2.07. The third-order valence-corrected chi connectivity index (χ3v) is 2.15. The molecule has 82 valence electrons. The summed E-state index contributed by atoms with van der Waals surface area (Å²) in [5.41, 5.74) is 1.72. The van der Waals surface area contributed by atoms with Crippen molar-refractivity contribution in [3.05, 3.63) is 23.4 Å². The second-order valence-corrected chi connectivity index (χ2v) is 3.97. The number of rotatable bonds is 4. The van der Waals surface area contributed by atoms with E-state index in [1.54, 1.807) is 6.20 Å². The maximum absolute atomic E-state index is 11.4. The second kappa shape index (κ2) is 4.91. The van der Waals surface area contributed by atoms with Gasteiger partial charge in [0.1, 0.15) is 5.82 Å². The average Bonchev–Trinajstić information content (AvgIpc) is 2.19. The van der Waals surface area contributed by atoms with Crippen molar-refractivity contribution < 1.29 is 4.79 Å². The Morgan fingerprint density at radius 2 is 2.20 bits per heavy atom. The van der Waals surface area contributed by atoms with Crippen molar-refractivity contribution in [2.75, 3.05) is 5.32 Å². The van der Waals surface area contributed by atoms with Crippen LogP contribution >= 0.6 is 0 Å². The standard InChI is InChI=1S/C12H18N2O/c1-5-11(15)10-6-9(4)12(13-7-10)14-8(2)3/h6-8H,5H2,1-4H3,(H,13,14). The highest BCUT2D eigenvalue weighted by Crippen LogP contribution is 2.14. The summed E-state index contributed by atoms with van der Waals surface area (Å²) in [5, 5.41) is 3.23. The van der Waals surface area contributed by atoms with Crippen LogP contribution in [-0.4, -0.2) is 16.8 Å². The Bertz CT molecular complexity index is 359. The van der Waals surface area contributed by atoms with E-state index in [2.05, 4.69) is 24.1 Å². The largest absolute Gasteiger partial charge is 0.368 e. The van der Waals surface area contributed by atoms with Crippen LogP contribution in [0.1, 0.15) is 43.1 Å². The highest BCUT2D eigenvalue weighted by atomic mass is 16.1. The molecule has 1 aromatic rings. The molecule has 1 rings (SSSR count). The molecule has 1 N–H and O–H groups in total. The summed E-state index contributed by atoms with van der Waals surface area (Å²) in [6, 6.07) is 2.24. The van der Waals surface area contributed by atoms with Crippen molar-refractivity contribution in [3.8, 4) is 0 Å². The van der Waals surface area contributed by atoms with Crippen molar-refractivity contribution >= 4 is 11.6 Å². The molecule has 0 amide bonds. The van der Waals surface area contributed by atoms with Gasteiger partial charge in [-0.1, -0.05) is 6.92 Å². The fraction of sp³-hybridized carbons (Fsp3) is 0.500. The predicted molar refractivity (Wildman–Crippen MR) is 62.4 cm³/mol. The Hall–Kier alpha value is -1.38. The monoisotopic (exact) mass is 206 g/mol. The van der Waals surface area contributed by atoms with Crippen molar-refractivity contribution in [1.82, 2.24) is 4.98 Å². The Labute approximate surface area is 90.9 Å². The van der Waals surface area contributed by atoms with Gasteiger partial charge in [-0.05, 0) is 32.4 Å². The minimum absolute atomic E-state index is 0.140. The lowest BCUT2D eigenvalue weighted by molar-refractivity contribution is 0.0988. The Balaban J connectivity index is 2.93. The number of pyridine rings is 1. The van der Waals surface area contributed by atoms with Gasteiger partial charge in [-0.3, -0.25) is 4.79 Å². The molecule has 0 atom stereocenters. The molecule has 0 saturated carbocycles. The molecule has 0 radical (unpaired) electrons. The summed E-state index contributed by atoms with van der Waals surface area (Å²) in [5.74, 6) is 0.999. The number of ketones is 1. The number of nitrogens with zero attached hydrogens (tertiary/aromatic N) is 1. The predicted octanol–water partition coefficient (Wildman–Crippen LogP) is 2.80. The number of aromatic nitrogens is 1. The van der Waals surface area contributed by atoms with Gasteiger partial charge in [-0.15, -0.1) is 0 Å². The van der Waals surface area contributed by atoms with Crippen LogP contribution in [0.2, 0.25) is 0 Å². The van der Waals surface area contributed by atoms with Crippen LogP contribution in [0.4, 0.5) is 5.82 Å². The summed E-state index contributed by atoms with van der Waals surface area (Å²) in [6.07, 6.45) is 2.17. The van der Waals surface area contributed by atoms with Crippen molar-refractivity contribution in [2.24, 2.45) is 0 Å². The normalized spacial score (nSPS) is 10.5. The Kier molecular flexibility index (Phi) is 3.83. The average molecular weight is 206 g/mol. The lowest BCUT2D eigenvalue weighted by Crippen LogP contribution is -2.12. The van der Waals surface area contributed by atoms with Crippen LogP contribution in [-0.2, 0) is 0 Å². The maximum atomic E-state index is 11.4. The van der Waals surface area contributed by atoms with Gasteiger partial charge < -0.3 is 5.32 Å². The van der Waals surface area contributed by atoms with Crippen LogP contribution in [0.25, 0.3) is 0 Å². The molecule has 1 aromatic heterocycles. The molecule has 0 bridgehead atoms. The van der Waals surface area contributed by atoms with E-state index < -0.39 is 0 Å². The minimum Gasteiger partial charge on any atom is -0.368 e. The molecule has 1 heterocycles. The van der Waals surface area contributed by atoms with Crippen molar-refractivity contribution in [1.29, 1.82) is 0 Å². The quantitative estimate of drug-likeness (QED) is 0.770. The first-order valence-electron chi connectivity index (χ1n) is 5.31. The van der Waals surface area contributed by atoms with Crippen LogP contribution < -0.4 is 5.32 Å². The number of nitrogens with one attached hydrogen (secondary N) is 1. The number of hydrogen-bond acceptors (Lipinski definition) is 3. The molecule has 15 heavy (non-hydrogen) atoms. The molecule has 0 aliphatic rings. The number of carbonyl (C=O) groups is 1. The molecule has 3 nitrogen and oxygen atoms in total. The SMILES string of the molecule is CCC(=O)c1cnc(NC(C)C)c(C)c1. The van der Waals surface area contributed by atoms with E-state index in [0.717, 1.165) is 11.4 Å². The fourth-order valence-electron chi connectivity index (χ4n) is 1.36. The maximum Gasteiger partial charge on any atom is 0.164 e. The van der Waals surface area contributed by atoms with E-state index >= 15 is 0 Å². The molecule has 0 aliphatic heterocycles. The highest BCUT2D eigenvalue weighted by molar-refractivity contribution is 5.95. The lowest BCUT2D eigenvalue weighted by atomic mass is 10.1. The first-order chi connectivity index (χ1) is 7.04. The van der Waals surface area contributed by atoms with E-state index in [0.29, 0.717) is 18.0 Å². The van der Waals surface area contributed by atoms with Crippen LogP contribution in [0.15, 0.2) is 12.3 Å². The molecule has 3 heteroatoms. The van der Waals surface area contributed by atoms with Gasteiger partial charge in [-0.25, -0.2) is 4.98 Å². The Morgan fingerprint density at radius 1 is 1.53 bits per heavy atom. The fourth-order valence-corrected chi connectivity index (χ4v) is 1.36. The molecule has 0 spiro atoms. The topological polar surface area (TPSA) is 42.0 Å². The number of aryl methyl sites for hydroxylation is 1. The zero-order chi connectivity index (χ0) is 11.4. The molecular formula is C12H18N2O. The van der Waals surface area contributed by atoms with Crippen LogP contribution in [0, 0.1) is 6.92 Å². The van der Waals surface area contributed by atoms with Gasteiger partial charge in [0.15, 0.2) is 5.78 Å². The van der Waals surface area contributed by atoms with Crippen LogP contribution in [0.5, 0.6) is 0 Å². The van der Waals surface area contributed by atoms with Crippen molar-refractivity contribution in [2.45, 2.75) is 40.2 Å².